The molecule has 110 valence electrons. The van der Waals surface area contributed by atoms with Gasteiger partial charge in [0.05, 0.1) is 6.61 Å². The van der Waals surface area contributed by atoms with E-state index in [4.69, 9.17) is 10.5 Å². The molecule has 2 rings (SSSR count). The molecular weight excluding hydrogens is 256 g/mol. The summed E-state index contributed by atoms with van der Waals surface area (Å²) in [5.74, 6) is 0.268. The van der Waals surface area contributed by atoms with Gasteiger partial charge in [0.2, 0.25) is 0 Å². The van der Waals surface area contributed by atoms with Gasteiger partial charge in [0.1, 0.15) is 11.5 Å². The van der Waals surface area contributed by atoms with E-state index < -0.39 is 5.91 Å². The number of hydrogen-bond acceptors (Lipinski definition) is 5. The number of amides is 1. The summed E-state index contributed by atoms with van der Waals surface area (Å²) >= 11 is 0. The van der Waals surface area contributed by atoms with Crippen molar-refractivity contribution in [2.24, 2.45) is 5.73 Å². The third-order valence-electron chi connectivity index (χ3n) is 3.48. The van der Waals surface area contributed by atoms with Crippen LogP contribution >= 0.6 is 0 Å². The number of carbonyl (C=O) groups is 1. The number of aromatic nitrogens is 1. The molecule has 2 heterocycles. The van der Waals surface area contributed by atoms with Crippen LogP contribution < -0.4 is 16.0 Å². The summed E-state index contributed by atoms with van der Waals surface area (Å²) < 4.78 is 5.15. The van der Waals surface area contributed by atoms with Crippen LogP contribution in [0.2, 0.25) is 0 Å². The Hall–Kier alpha value is -1.66. The first-order valence-corrected chi connectivity index (χ1v) is 6.95. The standard InChI is InChI=1S/C14H22N4O2/c1-20-9-8-18(10-11-4-3-7-16-11)13-6-2-5-12(17-13)14(15)19/h2,5-6,11,16H,3-4,7-10H2,1H3,(H2,15,19). The fourth-order valence-electron chi connectivity index (χ4n) is 2.42. The monoisotopic (exact) mass is 278 g/mol. The van der Waals surface area contributed by atoms with Crippen LogP contribution in [0.15, 0.2) is 18.2 Å². The fraction of sp³-hybridized carbons (Fsp3) is 0.571. The molecule has 1 aromatic rings. The molecule has 1 amide bonds. The topological polar surface area (TPSA) is 80.5 Å². The molecule has 0 radical (unpaired) electrons. The lowest BCUT2D eigenvalue weighted by Crippen LogP contribution is -2.39. The molecule has 1 atom stereocenters. The maximum Gasteiger partial charge on any atom is 0.267 e. The molecule has 1 saturated heterocycles. The third kappa shape index (κ3) is 3.91. The third-order valence-corrected chi connectivity index (χ3v) is 3.48. The SMILES string of the molecule is COCCN(CC1CCCN1)c1cccc(C(N)=O)n1. The van der Waals surface area contributed by atoms with Crippen LogP contribution in [-0.4, -0.2) is 50.3 Å². The fourth-order valence-corrected chi connectivity index (χ4v) is 2.42. The Morgan fingerprint density at radius 2 is 2.45 bits per heavy atom. The van der Waals surface area contributed by atoms with Gasteiger partial charge in [-0.3, -0.25) is 4.79 Å². The number of primary amides is 1. The molecule has 0 aromatic carbocycles. The van der Waals surface area contributed by atoms with E-state index in [1.54, 1.807) is 13.2 Å². The number of ether oxygens (including phenoxy) is 1. The van der Waals surface area contributed by atoms with Crippen molar-refractivity contribution in [3.8, 4) is 0 Å². The molecule has 3 N–H and O–H groups in total. The lowest BCUT2D eigenvalue weighted by atomic mass is 10.2. The number of anilines is 1. The zero-order chi connectivity index (χ0) is 14.4. The number of hydrogen-bond donors (Lipinski definition) is 2. The van der Waals surface area contributed by atoms with Crippen molar-refractivity contribution < 1.29 is 9.53 Å². The van der Waals surface area contributed by atoms with Crippen molar-refractivity contribution in [3.05, 3.63) is 23.9 Å². The number of methoxy groups -OCH3 is 1. The minimum atomic E-state index is -0.502. The molecule has 0 saturated carbocycles. The van der Waals surface area contributed by atoms with Crippen LogP contribution in [0.25, 0.3) is 0 Å². The van der Waals surface area contributed by atoms with Crippen LogP contribution in [0.4, 0.5) is 5.82 Å². The van der Waals surface area contributed by atoms with Crippen LogP contribution in [0.1, 0.15) is 23.3 Å². The molecule has 1 unspecified atom stereocenters. The van der Waals surface area contributed by atoms with E-state index in [2.05, 4.69) is 15.2 Å². The highest BCUT2D eigenvalue weighted by Gasteiger charge is 2.19. The number of nitrogens with one attached hydrogen (secondary N) is 1. The normalized spacial score (nSPS) is 18.1. The highest BCUT2D eigenvalue weighted by molar-refractivity contribution is 5.91. The molecule has 1 aliphatic heterocycles. The van der Waals surface area contributed by atoms with Crippen LogP contribution in [-0.2, 0) is 4.74 Å². The van der Waals surface area contributed by atoms with Crippen molar-refractivity contribution in [2.75, 3.05) is 38.3 Å². The van der Waals surface area contributed by atoms with Crippen molar-refractivity contribution in [1.29, 1.82) is 0 Å². The summed E-state index contributed by atoms with van der Waals surface area (Å²) in [6.45, 7) is 3.29. The first-order chi connectivity index (χ1) is 9.70. The quantitative estimate of drug-likeness (QED) is 0.754. The molecule has 0 bridgehead atoms. The summed E-state index contributed by atoms with van der Waals surface area (Å²) in [7, 11) is 1.68. The summed E-state index contributed by atoms with van der Waals surface area (Å²) in [5, 5.41) is 3.47. The molecule has 6 heteroatoms. The molecule has 1 fully saturated rings. The van der Waals surface area contributed by atoms with Crippen LogP contribution in [0.5, 0.6) is 0 Å². The number of pyridine rings is 1. The minimum Gasteiger partial charge on any atom is -0.383 e. The second-order valence-corrected chi connectivity index (χ2v) is 4.98. The van der Waals surface area contributed by atoms with Gasteiger partial charge in [0.15, 0.2) is 0 Å². The molecule has 1 aromatic heterocycles. The predicted molar refractivity (Wildman–Crippen MR) is 77.9 cm³/mol. The molecule has 0 spiro atoms. The van der Waals surface area contributed by atoms with E-state index >= 15 is 0 Å². The van der Waals surface area contributed by atoms with E-state index in [9.17, 15) is 4.79 Å². The summed E-state index contributed by atoms with van der Waals surface area (Å²) in [6.07, 6.45) is 2.37. The molecule has 0 aliphatic carbocycles. The van der Waals surface area contributed by atoms with Gasteiger partial charge in [0, 0.05) is 26.2 Å². The van der Waals surface area contributed by atoms with Gasteiger partial charge in [-0.05, 0) is 31.5 Å². The molecular formula is C14H22N4O2. The van der Waals surface area contributed by atoms with Gasteiger partial charge in [-0.2, -0.15) is 0 Å². The van der Waals surface area contributed by atoms with E-state index in [0.29, 0.717) is 18.3 Å². The Morgan fingerprint density at radius 1 is 1.60 bits per heavy atom. The van der Waals surface area contributed by atoms with E-state index in [1.807, 2.05) is 12.1 Å². The number of rotatable bonds is 7. The Morgan fingerprint density at radius 3 is 3.10 bits per heavy atom. The molecule has 6 nitrogen and oxygen atoms in total. The average molecular weight is 278 g/mol. The smallest absolute Gasteiger partial charge is 0.267 e. The molecule has 20 heavy (non-hydrogen) atoms. The Kier molecular flexibility index (Phi) is 5.31. The molecule has 1 aliphatic rings. The number of nitrogens with two attached hydrogens (primary N) is 1. The Labute approximate surface area is 119 Å². The minimum absolute atomic E-state index is 0.296. The van der Waals surface area contributed by atoms with E-state index in [-0.39, 0.29) is 0 Å². The van der Waals surface area contributed by atoms with Gasteiger partial charge >= 0.3 is 0 Å². The van der Waals surface area contributed by atoms with Crippen molar-refractivity contribution in [1.82, 2.24) is 10.3 Å². The number of carbonyl (C=O) groups excluding carboxylic acids is 1. The van der Waals surface area contributed by atoms with Gasteiger partial charge in [-0.1, -0.05) is 6.07 Å². The van der Waals surface area contributed by atoms with Crippen molar-refractivity contribution in [2.45, 2.75) is 18.9 Å². The van der Waals surface area contributed by atoms with Gasteiger partial charge in [-0.15, -0.1) is 0 Å². The van der Waals surface area contributed by atoms with E-state index in [1.165, 1.54) is 12.8 Å². The predicted octanol–water partition coefficient (Wildman–Crippen LogP) is 0.385. The second-order valence-electron chi connectivity index (χ2n) is 4.98. The van der Waals surface area contributed by atoms with Gasteiger partial charge in [-0.25, -0.2) is 4.98 Å². The number of nitrogens with zero attached hydrogens (tertiary/aromatic N) is 2. The van der Waals surface area contributed by atoms with Crippen molar-refractivity contribution in [3.63, 3.8) is 0 Å². The average Bonchev–Trinajstić information content (AvgIpc) is 2.96. The van der Waals surface area contributed by atoms with Gasteiger partial charge in [0.25, 0.3) is 5.91 Å². The van der Waals surface area contributed by atoms with Crippen LogP contribution in [0.3, 0.4) is 0 Å². The highest BCUT2D eigenvalue weighted by Crippen LogP contribution is 2.15. The maximum absolute atomic E-state index is 11.2. The first-order valence-electron chi connectivity index (χ1n) is 6.95. The lowest BCUT2D eigenvalue weighted by molar-refractivity contribution is 0.0995. The zero-order valence-electron chi connectivity index (χ0n) is 11.8. The zero-order valence-corrected chi connectivity index (χ0v) is 11.8. The Bertz CT molecular complexity index is 447. The first kappa shape index (κ1) is 14.7. The summed E-state index contributed by atoms with van der Waals surface area (Å²) in [5.41, 5.74) is 5.59. The second kappa shape index (κ2) is 7.21. The highest BCUT2D eigenvalue weighted by atomic mass is 16.5. The largest absolute Gasteiger partial charge is 0.383 e. The summed E-state index contributed by atoms with van der Waals surface area (Å²) in [4.78, 5) is 17.7. The lowest BCUT2D eigenvalue weighted by Gasteiger charge is -2.26. The summed E-state index contributed by atoms with van der Waals surface area (Å²) in [6, 6.07) is 5.81. The van der Waals surface area contributed by atoms with Crippen molar-refractivity contribution >= 4 is 11.7 Å². The Balaban J connectivity index is 2.11. The maximum atomic E-state index is 11.2. The van der Waals surface area contributed by atoms with Gasteiger partial charge < -0.3 is 20.7 Å². The van der Waals surface area contributed by atoms with Crippen LogP contribution in [0, 0.1) is 0 Å². The van der Waals surface area contributed by atoms with E-state index in [0.717, 1.165) is 25.5 Å².